The van der Waals surface area contributed by atoms with Gasteiger partial charge in [0, 0.05) is 6.04 Å². The van der Waals surface area contributed by atoms with Crippen molar-refractivity contribution >= 4 is 0 Å². The molecule has 3 nitrogen and oxygen atoms in total. The standard InChI is InChI=1S/C23H37NO2/c1-22-9-7-16(25)13-15(22)5-6-17-18(22)8-10-23(2)19(17)14-20(26)21(23)24-11-3-4-12-24/h5,16-21,25-26H,3-4,6-14H2,1-2H3/t16-,17+,18-,19-,20+,21-,22-,23-/m0/s1. The molecule has 1 saturated heterocycles. The Labute approximate surface area is 158 Å². The van der Waals surface area contributed by atoms with Crippen molar-refractivity contribution in [2.24, 2.45) is 28.6 Å². The van der Waals surface area contributed by atoms with Crippen LogP contribution in [0.25, 0.3) is 0 Å². The van der Waals surface area contributed by atoms with Gasteiger partial charge in [-0.15, -0.1) is 0 Å². The van der Waals surface area contributed by atoms with Crippen molar-refractivity contribution in [1.29, 1.82) is 0 Å². The van der Waals surface area contributed by atoms with E-state index in [1.807, 2.05) is 0 Å². The zero-order valence-corrected chi connectivity index (χ0v) is 16.7. The molecule has 1 aliphatic heterocycles. The number of nitrogens with zero attached hydrogens (tertiary/aromatic N) is 1. The Hall–Kier alpha value is -0.380. The van der Waals surface area contributed by atoms with E-state index in [0.717, 1.165) is 37.5 Å². The zero-order chi connectivity index (χ0) is 18.1. The summed E-state index contributed by atoms with van der Waals surface area (Å²) in [6.07, 6.45) is 12.7. The van der Waals surface area contributed by atoms with Crippen LogP contribution in [0.3, 0.4) is 0 Å². The van der Waals surface area contributed by atoms with E-state index in [1.54, 1.807) is 5.57 Å². The molecule has 1 heterocycles. The van der Waals surface area contributed by atoms with Gasteiger partial charge >= 0.3 is 0 Å². The smallest absolute Gasteiger partial charge is 0.0703 e. The summed E-state index contributed by atoms with van der Waals surface area (Å²) in [5, 5.41) is 21.2. The molecule has 0 unspecified atom stereocenters. The summed E-state index contributed by atoms with van der Waals surface area (Å²) >= 11 is 0. The Kier molecular flexibility index (Phi) is 4.12. The van der Waals surface area contributed by atoms with Crippen LogP contribution in [0.2, 0.25) is 0 Å². The molecule has 0 bridgehead atoms. The first kappa shape index (κ1) is 17.7. The lowest BCUT2D eigenvalue weighted by atomic mass is 9.48. The number of hydrogen-bond donors (Lipinski definition) is 2. The average Bonchev–Trinajstić information content (AvgIpc) is 3.20. The monoisotopic (exact) mass is 359 g/mol. The van der Waals surface area contributed by atoms with Crippen LogP contribution in [0, 0.1) is 28.6 Å². The van der Waals surface area contributed by atoms with Gasteiger partial charge < -0.3 is 10.2 Å². The minimum Gasteiger partial charge on any atom is -0.393 e. The molecule has 3 heteroatoms. The molecule has 8 atom stereocenters. The Bertz CT molecular complexity index is 597. The maximum Gasteiger partial charge on any atom is 0.0703 e. The quantitative estimate of drug-likeness (QED) is 0.701. The summed E-state index contributed by atoms with van der Waals surface area (Å²) < 4.78 is 0. The first-order valence-electron chi connectivity index (χ1n) is 11.2. The van der Waals surface area contributed by atoms with E-state index in [2.05, 4.69) is 24.8 Å². The molecule has 0 amide bonds. The summed E-state index contributed by atoms with van der Waals surface area (Å²) in [4.78, 5) is 2.63. The lowest BCUT2D eigenvalue weighted by molar-refractivity contribution is -0.0609. The van der Waals surface area contributed by atoms with Gasteiger partial charge in [0.15, 0.2) is 0 Å². The van der Waals surface area contributed by atoms with Crippen molar-refractivity contribution in [3.8, 4) is 0 Å². The number of aliphatic hydroxyl groups excluding tert-OH is 2. The number of hydrogen-bond acceptors (Lipinski definition) is 3. The second kappa shape index (κ2) is 6.06. The maximum atomic E-state index is 11.1. The Morgan fingerprint density at radius 3 is 2.58 bits per heavy atom. The molecule has 5 aliphatic rings. The van der Waals surface area contributed by atoms with Crippen molar-refractivity contribution in [3.63, 3.8) is 0 Å². The first-order chi connectivity index (χ1) is 12.4. The fourth-order valence-corrected chi connectivity index (χ4v) is 8.31. The number of aliphatic hydroxyl groups is 2. The molecule has 26 heavy (non-hydrogen) atoms. The molecule has 4 aliphatic carbocycles. The average molecular weight is 360 g/mol. The normalized spacial score (nSPS) is 54.4. The van der Waals surface area contributed by atoms with Crippen LogP contribution in [0.5, 0.6) is 0 Å². The Morgan fingerprint density at radius 1 is 1.04 bits per heavy atom. The molecular formula is C23H37NO2. The van der Waals surface area contributed by atoms with Crippen molar-refractivity contribution in [2.45, 2.75) is 89.9 Å². The fourth-order valence-electron chi connectivity index (χ4n) is 8.31. The number of fused-ring (bicyclic) bond motifs is 5. The third-order valence-electron chi connectivity index (χ3n) is 9.59. The topological polar surface area (TPSA) is 43.7 Å². The van der Waals surface area contributed by atoms with Crippen molar-refractivity contribution in [2.75, 3.05) is 13.1 Å². The highest BCUT2D eigenvalue weighted by atomic mass is 16.3. The zero-order valence-electron chi connectivity index (χ0n) is 16.7. The van der Waals surface area contributed by atoms with Gasteiger partial charge in [-0.1, -0.05) is 25.5 Å². The Morgan fingerprint density at radius 2 is 1.81 bits per heavy atom. The lowest BCUT2D eigenvalue weighted by Gasteiger charge is -2.58. The molecule has 0 spiro atoms. The summed E-state index contributed by atoms with van der Waals surface area (Å²) in [6.45, 7) is 7.39. The summed E-state index contributed by atoms with van der Waals surface area (Å²) in [5.74, 6) is 2.17. The number of likely N-dealkylation sites (tertiary alicyclic amines) is 1. The molecule has 2 N–H and O–H groups in total. The van der Waals surface area contributed by atoms with Gasteiger partial charge in [-0.3, -0.25) is 4.90 Å². The second-order valence-electron chi connectivity index (χ2n) is 10.7. The van der Waals surface area contributed by atoms with E-state index in [9.17, 15) is 10.2 Å². The molecule has 5 rings (SSSR count). The number of allylic oxidation sites excluding steroid dienone is 1. The van der Waals surface area contributed by atoms with Gasteiger partial charge in [0.2, 0.25) is 0 Å². The van der Waals surface area contributed by atoms with Crippen LogP contribution < -0.4 is 0 Å². The highest BCUT2D eigenvalue weighted by Crippen LogP contribution is 2.65. The molecule has 4 fully saturated rings. The Balaban J connectivity index is 1.46. The molecule has 0 aromatic carbocycles. The summed E-state index contributed by atoms with van der Waals surface area (Å²) in [6, 6.07) is 0.391. The van der Waals surface area contributed by atoms with Gasteiger partial charge in [0.25, 0.3) is 0 Å². The van der Waals surface area contributed by atoms with E-state index < -0.39 is 0 Å². The predicted molar refractivity (Wildman–Crippen MR) is 104 cm³/mol. The minimum atomic E-state index is -0.131. The second-order valence-corrected chi connectivity index (χ2v) is 10.7. The van der Waals surface area contributed by atoms with Crippen molar-refractivity contribution in [3.05, 3.63) is 11.6 Å². The van der Waals surface area contributed by atoms with E-state index in [-0.39, 0.29) is 12.2 Å². The lowest BCUT2D eigenvalue weighted by Crippen LogP contribution is -2.54. The third kappa shape index (κ3) is 2.36. The highest BCUT2D eigenvalue weighted by Gasteiger charge is 2.62. The number of rotatable bonds is 1. The van der Waals surface area contributed by atoms with Crippen LogP contribution in [0.4, 0.5) is 0 Å². The molecule has 0 radical (unpaired) electrons. The fraction of sp³-hybridized carbons (Fsp3) is 0.913. The van der Waals surface area contributed by atoms with Crippen LogP contribution in [-0.4, -0.2) is 46.5 Å². The molecule has 0 aromatic heterocycles. The molecular weight excluding hydrogens is 322 g/mol. The van der Waals surface area contributed by atoms with Gasteiger partial charge in [-0.25, -0.2) is 0 Å². The van der Waals surface area contributed by atoms with Crippen LogP contribution in [0.1, 0.15) is 71.6 Å². The molecule has 0 aromatic rings. The SMILES string of the molecule is C[C@]12CC[C@H]3[C@@H](CC=C4C[C@@H](O)CC[C@@]43C)[C@@H]1C[C@@H](O)[C@@H]2N1CCCC1. The maximum absolute atomic E-state index is 11.1. The minimum absolute atomic E-state index is 0.118. The van der Waals surface area contributed by atoms with Crippen molar-refractivity contribution in [1.82, 2.24) is 4.90 Å². The third-order valence-corrected chi connectivity index (χ3v) is 9.59. The van der Waals surface area contributed by atoms with Crippen molar-refractivity contribution < 1.29 is 10.2 Å². The molecule has 3 saturated carbocycles. The van der Waals surface area contributed by atoms with Gasteiger partial charge in [-0.05, 0) is 99.5 Å². The van der Waals surface area contributed by atoms with Crippen LogP contribution in [-0.2, 0) is 0 Å². The molecule has 146 valence electrons. The predicted octanol–water partition coefficient (Wildman–Crippen LogP) is 3.75. The largest absolute Gasteiger partial charge is 0.393 e. The van der Waals surface area contributed by atoms with Crippen LogP contribution >= 0.6 is 0 Å². The van der Waals surface area contributed by atoms with Gasteiger partial charge in [0.05, 0.1) is 12.2 Å². The van der Waals surface area contributed by atoms with E-state index in [1.165, 1.54) is 45.2 Å². The van der Waals surface area contributed by atoms with Gasteiger partial charge in [0.1, 0.15) is 0 Å². The van der Waals surface area contributed by atoms with Crippen LogP contribution in [0.15, 0.2) is 11.6 Å². The van der Waals surface area contributed by atoms with Gasteiger partial charge in [-0.2, -0.15) is 0 Å². The van der Waals surface area contributed by atoms with E-state index >= 15 is 0 Å². The first-order valence-corrected chi connectivity index (χ1v) is 11.2. The summed E-state index contributed by atoms with van der Waals surface area (Å²) in [7, 11) is 0. The van der Waals surface area contributed by atoms with E-state index in [4.69, 9.17) is 0 Å². The van der Waals surface area contributed by atoms with E-state index in [0.29, 0.717) is 22.8 Å². The highest BCUT2D eigenvalue weighted by molar-refractivity contribution is 5.26. The summed E-state index contributed by atoms with van der Waals surface area (Å²) in [5.41, 5.74) is 2.15.